The lowest BCUT2D eigenvalue weighted by atomic mass is 10.0. The first kappa shape index (κ1) is 15.8. The molecule has 4 heteroatoms. The molecule has 3 nitrogen and oxygen atoms in total. The number of aliphatic hydroxyl groups excluding tert-OH is 1. The van der Waals surface area contributed by atoms with Crippen LogP contribution < -0.4 is 10.2 Å². The average molecular weight is 341 g/mol. The molecule has 0 saturated carbocycles. The van der Waals surface area contributed by atoms with E-state index in [1.807, 2.05) is 0 Å². The SMILES string of the molecule is CCCNC(C)c1ccc(N2CCCC(O)C2)c(Br)c1. The van der Waals surface area contributed by atoms with Gasteiger partial charge in [0.2, 0.25) is 0 Å². The number of benzene rings is 1. The van der Waals surface area contributed by atoms with E-state index in [0.29, 0.717) is 6.04 Å². The average Bonchev–Trinajstić information content (AvgIpc) is 2.44. The molecular weight excluding hydrogens is 316 g/mol. The molecule has 2 atom stereocenters. The van der Waals surface area contributed by atoms with Gasteiger partial charge in [0, 0.05) is 23.6 Å². The van der Waals surface area contributed by atoms with Gasteiger partial charge in [0.1, 0.15) is 0 Å². The summed E-state index contributed by atoms with van der Waals surface area (Å²) in [6.07, 6.45) is 2.93. The smallest absolute Gasteiger partial charge is 0.0715 e. The molecule has 20 heavy (non-hydrogen) atoms. The van der Waals surface area contributed by atoms with E-state index in [2.05, 4.69) is 58.2 Å². The van der Waals surface area contributed by atoms with Crippen molar-refractivity contribution in [3.05, 3.63) is 28.2 Å². The molecule has 0 spiro atoms. The van der Waals surface area contributed by atoms with Gasteiger partial charge in [0.05, 0.1) is 11.8 Å². The van der Waals surface area contributed by atoms with Crippen LogP contribution in [0.1, 0.15) is 44.7 Å². The predicted octanol–water partition coefficient (Wildman–Crippen LogP) is 3.47. The zero-order valence-corrected chi connectivity index (χ0v) is 14.0. The van der Waals surface area contributed by atoms with Crippen LogP contribution in [-0.4, -0.2) is 30.8 Å². The van der Waals surface area contributed by atoms with Crippen molar-refractivity contribution in [3.63, 3.8) is 0 Å². The van der Waals surface area contributed by atoms with Gasteiger partial charge >= 0.3 is 0 Å². The number of nitrogens with one attached hydrogen (secondary N) is 1. The number of anilines is 1. The van der Waals surface area contributed by atoms with Crippen molar-refractivity contribution in [2.75, 3.05) is 24.5 Å². The van der Waals surface area contributed by atoms with Crippen LogP contribution in [0.3, 0.4) is 0 Å². The lowest BCUT2D eigenvalue weighted by Crippen LogP contribution is -2.38. The molecule has 1 aromatic rings. The zero-order chi connectivity index (χ0) is 14.5. The maximum absolute atomic E-state index is 9.80. The fourth-order valence-electron chi connectivity index (χ4n) is 2.70. The second-order valence-electron chi connectivity index (χ2n) is 5.63. The van der Waals surface area contributed by atoms with Crippen molar-refractivity contribution in [1.82, 2.24) is 5.32 Å². The first-order chi connectivity index (χ1) is 9.61. The largest absolute Gasteiger partial charge is 0.391 e. The highest BCUT2D eigenvalue weighted by molar-refractivity contribution is 9.10. The Kier molecular flexibility index (Phi) is 5.87. The van der Waals surface area contributed by atoms with Crippen molar-refractivity contribution in [3.8, 4) is 0 Å². The van der Waals surface area contributed by atoms with Crippen molar-refractivity contribution in [1.29, 1.82) is 0 Å². The molecule has 1 saturated heterocycles. The van der Waals surface area contributed by atoms with Crippen LogP contribution in [0.2, 0.25) is 0 Å². The Labute approximate surface area is 130 Å². The number of rotatable bonds is 5. The first-order valence-electron chi connectivity index (χ1n) is 7.57. The third kappa shape index (κ3) is 3.96. The minimum Gasteiger partial charge on any atom is -0.391 e. The van der Waals surface area contributed by atoms with E-state index < -0.39 is 0 Å². The first-order valence-corrected chi connectivity index (χ1v) is 8.37. The molecule has 1 heterocycles. The van der Waals surface area contributed by atoms with Gasteiger partial charge in [-0.15, -0.1) is 0 Å². The summed E-state index contributed by atoms with van der Waals surface area (Å²) >= 11 is 3.69. The van der Waals surface area contributed by atoms with Crippen molar-refractivity contribution >= 4 is 21.6 Å². The molecule has 1 aliphatic heterocycles. The molecule has 0 aliphatic carbocycles. The quantitative estimate of drug-likeness (QED) is 0.861. The topological polar surface area (TPSA) is 35.5 Å². The molecule has 0 radical (unpaired) electrons. The maximum atomic E-state index is 9.80. The zero-order valence-electron chi connectivity index (χ0n) is 12.4. The number of hydrogen-bond acceptors (Lipinski definition) is 3. The summed E-state index contributed by atoms with van der Waals surface area (Å²) in [5.41, 5.74) is 2.49. The molecule has 1 aliphatic rings. The molecule has 0 bridgehead atoms. The van der Waals surface area contributed by atoms with E-state index in [9.17, 15) is 5.11 Å². The van der Waals surface area contributed by atoms with Gasteiger partial charge < -0.3 is 15.3 Å². The lowest BCUT2D eigenvalue weighted by Gasteiger charge is -2.33. The lowest BCUT2D eigenvalue weighted by molar-refractivity contribution is 0.154. The third-order valence-electron chi connectivity index (χ3n) is 3.91. The summed E-state index contributed by atoms with van der Waals surface area (Å²) in [5, 5.41) is 13.3. The molecular formula is C16H25BrN2O. The van der Waals surface area contributed by atoms with Crippen molar-refractivity contribution in [2.24, 2.45) is 0 Å². The molecule has 2 rings (SSSR count). The number of nitrogens with zero attached hydrogens (tertiary/aromatic N) is 1. The molecule has 0 amide bonds. The van der Waals surface area contributed by atoms with Crippen LogP contribution >= 0.6 is 15.9 Å². The van der Waals surface area contributed by atoms with Crippen LogP contribution in [0.4, 0.5) is 5.69 Å². The Bertz CT molecular complexity index is 438. The van der Waals surface area contributed by atoms with Crippen molar-refractivity contribution in [2.45, 2.75) is 45.3 Å². The van der Waals surface area contributed by atoms with Gasteiger partial charge in [0.15, 0.2) is 0 Å². The molecule has 0 aromatic heterocycles. The fraction of sp³-hybridized carbons (Fsp3) is 0.625. The third-order valence-corrected chi connectivity index (χ3v) is 4.54. The highest BCUT2D eigenvalue weighted by Gasteiger charge is 2.20. The van der Waals surface area contributed by atoms with Gasteiger partial charge in [-0.25, -0.2) is 0 Å². The van der Waals surface area contributed by atoms with Crippen LogP contribution in [0.15, 0.2) is 22.7 Å². The number of β-amino-alcohol motifs (C(OH)–C–C–N with tert-alkyl or cyclic N) is 1. The molecule has 2 unspecified atom stereocenters. The number of hydrogen-bond donors (Lipinski definition) is 2. The normalized spacial score (nSPS) is 21.0. The number of piperidine rings is 1. The van der Waals surface area contributed by atoms with Crippen molar-refractivity contribution < 1.29 is 5.11 Å². The van der Waals surface area contributed by atoms with E-state index in [4.69, 9.17) is 0 Å². The summed E-state index contributed by atoms with van der Waals surface area (Å²) in [7, 11) is 0. The van der Waals surface area contributed by atoms with Crippen LogP contribution in [-0.2, 0) is 0 Å². The minimum atomic E-state index is -0.194. The summed E-state index contributed by atoms with van der Waals surface area (Å²) in [6, 6.07) is 6.92. The fourth-order valence-corrected chi connectivity index (χ4v) is 3.35. The van der Waals surface area contributed by atoms with E-state index in [0.717, 1.165) is 43.4 Å². The standard InChI is InChI=1S/C16H25BrN2O/c1-3-8-18-12(2)13-6-7-16(15(17)10-13)19-9-4-5-14(20)11-19/h6-7,10,12,14,18,20H,3-5,8-9,11H2,1-2H3. The van der Waals surface area contributed by atoms with Gasteiger partial charge in [-0.3, -0.25) is 0 Å². The van der Waals surface area contributed by atoms with Gasteiger partial charge in [-0.05, 0) is 66.4 Å². The summed E-state index contributed by atoms with van der Waals surface area (Å²) < 4.78 is 1.12. The Morgan fingerprint density at radius 3 is 2.95 bits per heavy atom. The van der Waals surface area contributed by atoms with Crippen LogP contribution in [0.25, 0.3) is 0 Å². The van der Waals surface area contributed by atoms with E-state index in [1.165, 1.54) is 11.3 Å². The Morgan fingerprint density at radius 2 is 2.30 bits per heavy atom. The maximum Gasteiger partial charge on any atom is 0.0715 e. The van der Waals surface area contributed by atoms with Crippen LogP contribution in [0, 0.1) is 0 Å². The molecule has 112 valence electrons. The summed E-state index contributed by atoms with van der Waals surface area (Å²) in [6.45, 7) is 7.18. The highest BCUT2D eigenvalue weighted by atomic mass is 79.9. The molecule has 1 aromatic carbocycles. The number of aliphatic hydroxyl groups is 1. The molecule has 1 fully saturated rings. The molecule has 2 N–H and O–H groups in total. The van der Waals surface area contributed by atoms with Gasteiger partial charge in [-0.2, -0.15) is 0 Å². The number of halogens is 1. The Hall–Kier alpha value is -0.580. The van der Waals surface area contributed by atoms with E-state index in [1.54, 1.807) is 0 Å². The second-order valence-corrected chi connectivity index (χ2v) is 6.48. The van der Waals surface area contributed by atoms with E-state index in [-0.39, 0.29) is 6.10 Å². The predicted molar refractivity (Wildman–Crippen MR) is 88.3 cm³/mol. The Balaban J connectivity index is 2.09. The van der Waals surface area contributed by atoms with Crippen LogP contribution in [0.5, 0.6) is 0 Å². The van der Waals surface area contributed by atoms with E-state index >= 15 is 0 Å². The minimum absolute atomic E-state index is 0.194. The summed E-state index contributed by atoms with van der Waals surface area (Å²) in [4.78, 5) is 2.27. The second kappa shape index (κ2) is 7.43. The summed E-state index contributed by atoms with van der Waals surface area (Å²) in [5.74, 6) is 0. The monoisotopic (exact) mass is 340 g/mol. The Morgan fingerprint density at radius 1 is 1.50 bits per heavy atom. The van der Waals surface area contributed by atoms with Gasteiger partial charge in [-0.1, -0.05) is 13.0 Å². The van der Waals surface area contributed by atoms with Gasteiger partial charge in [0.25, 0.3) is 0 Å². The highest BCUT2D eigenvalue weighted by Crippen LogP contribution is 2.31.